The zero-order chi connectivity index (χ0) is 15.8. The summed E-state index contributed by atoms with van der Waals surface area (Å²) < 4.78 is 76.1. The lowest BCUT2D eigenvalue weighted by molar-refractivity contribution is -0.138. The highest BCUT2D eigenvalue weighted by atomic mass is 19.4. The molecule has 0 unspecified atom stereocenters. The predicted octanol–water partition coefficient (Wildman–Crippen LogP) is 4.37. The number of pyridine rings is 1. The van der Waals surface area contributed by atoms with Crippen molar-refractivity contribution >= 4 is 5.69 Å². The van der Waals surface area contributed by atoms with Crippen molar-refractivity contribution in [1.82, 2.24) is 4.98 Å². The van der Waals surface area contributed by atoms with E-state index < -0.39 is 29.2 Å². The monoisotopic (exact) mass is 306 g/mol. The van der Waals surface area contributed by atoms with Crippen molar-refractivity contribution < 1.29 is 26.3 Å². The molecule has 0 aliphatic rings. The zero-order valence-corrected chi connectivity index (χ0v) is 10.3. The third-order valence-corrected chi connectivity index (χ3v) is 2.73. The van der Waals surface area contributed by atoms with Crippen LogP contribution in [0.5, 0.6) is 0 Å². The van der Waals surface area contributed by atoms with Gasteiger partial charge in [-0.25, -0.2) is 0 Å². The molecule has 0 saturated carbocycles. The smallest absolute Gasteiger partial charge is 0.397 e. The summed E-state index contributed by atoms with van der Waals surface area (Å²) in [5.74, 6) is 0. The molecular weight excluding hydrogens is 298 g/mol. The van der Waals surface area contributed by atoms with Crippen molar-refractivity contribution in [2.24, 2.45) is 0 Å². The molecule has 0 bridgehead atoms. The van der Waals surface area contributed by atoms with Gasteiger partial charge in [-0.15, -0.1) is 0 Å². The first-order chi connectivity index (χ1) is 9.60. The molecule has 112 valence electrons. The van der Waals surface area contributed by atoms with Crippen LogP contribution in [0.1, 0.15) is 11.1 Å². The first-order valence-electron chi connectivity index (χ1n) is 5.60. The van der Waals surface area contributed by atoms with E-state index in [9.17, 15) is 26.3 Å². The second-order valence-electron chi connectivity index (χ2n) is 4.20. The molecule has 0 aliphatic heterocycles. The highest BCUT2D eigenvalue weighted by molar-refractivity contribution is 5.75. The molecule has 0 atom stereocenters. The third kappa shape index (κ3) is 3.09. The van der Waals surface area contributed by atoms with Crippen LogP contribution in [0.15, 0.2) is 36.5 Å². The summed E-state index contributed by atoms with van der Waals surface area (Å²) in [6.45, 7) is 0. The maximum Gasteiger partial charge on any atom is 0.417 e. The molecule has 0 radical (unpaired) electrons. The van der Waals surface area contributed by atoms with Gasteiger partial charge in [0, 0.05) is 11.8 Å². The van der Waals surface area contributed by atoms with Crippen LogP contribution >= 0.6 is 0 Å². The van der Waals surface area contributed by atoms with Crippen molar-refractivity contribution in [2.45, 2.75) is 12.4 Å². The molecular formula is C13H8F6N2. The molecule has 21 heavy (non-hydrogen) atoms. The van der Waals surface area contributed by atoms with Gasteiger partial charge in [0.05, 0.1) is 22.5 Å². The maximum atomic E-state index is 12.9. The van der Waals surface area contributed by atoms with Crippen LogP contribution in [0.25, 0.3) is 11.3 Å². The van der Waals surface area contributed by atoms with E-state index in [0.717, 1.165) is 12.1 Å². The van der Waals surface area contributed by atoms with Crippen molar-refractivity contribution in [2.75, 3.05) is 5.73 Å². The summed E-state index contributed by atoms with van der Waals surface area (Å²) in [6.07, 6.45) is -8.87. The minimum atomic E-state index is -4.66. The fourth-order valence-electron chi connectivity index (χ4n) is 1.80. The standard InChI is InChI=1S/C13H8F6N2/c14-12(15,16)7-5-10(20)11(21-6-7)8-3-1-2-4-9(8)13(17,18)19/h1-6H,20H2. The summed E-state index contributed by atoms with van der Waals surface area (Å²) >= 11 is 0. The number of aromatic nitrogens is 1. The number of nitrogens with zero attached hydrogens (tertiary/aromatic N) is 1. The summed E-state index contributed by atoms with van der Waals surface area (Å²) in [5.41, 5.74) is 2.13. The Balaban J connectivity index is 2.59. The number of rotatable bonds is 1. The molecule has 0 saturated heterocycles. The van der Waals surface area contributed by atoms with Crippen LogP contribution in [0, 0.1) is 0 Å². The Morgan fingerprint density at radius 2 is 1.52 bits per heavy atom. The highest BCUT2D eigenvalue weighted by Gasteiger charge is 2.35. The van der Waals surface area contributed by atoms with Gasteiger partial charge in [0.2, 0.25) is 0 Å². The molecule has 1 heterocycles. The number of alkyl halides is 6. The lowest BCUT2D eigenvalue weighted by atomic mass is 10.0. The van der Waals surface area contributed by atoms with Gasteiger partial charge in [-0.05, 0) is 12.1 Å². The normalized spacial score (nSPS) is 12.5. The van der Waals surface area contributed by atoms with Crippen LogP contribution < -0.4 is 5.73 Å². The van der Waals surface area contributed by atoms with Gasteiger partial charge < -0.3 is 5.73 Å². The first-order valence-corrected chi connectivity index (χ1v) is 5.60. The van der Waals surface area contributed by atoms with Crippen LogP contribution in [-0.2, 0) is 12.4 Å². The Bertz CT molecular complexity index is 660. The van der Waals surface area contributed by atoms with Crippen molar-refractivity contribution in [3.05, 3.63) is 47.7 Å². The molecule has 8 heteroatoms. The van der Waals surface area contributed by atoms with E-state index in [1.165, 1.54) is 12.1 Å². The largest absolute Gasteiger partial charge is 0.417 e. The minimum absolute atomic E-state index is 0.337. The van der Waals surface area contributed by atoms with Crippen molar-refractivity contribution in [1.29, 1.82) is 0 Å². The van der Waals surface area contributed by atoms with Gasteiger partial charge in [-0.2, -0.15) is 26.3 Å². The highest BCUT2D eigenvalue weighted by Crippen LogP contribution is 2.39. The average Bonchev–Trinajstić information content (AvgIpc) is 2.36. The van der Waals surface area contributed by atoms with Crippen LogP contribution in [0.3, 0.4) is 0 Å². The Hall–Kier alpha value is -2.25. The molecule has 1 aromatic heterocycles. The van der Waals surface area contributed by atoms with Gasteiger partial charge in [0.15, 0.2) is 0 Å². The predicted molar refractivity (Wildman–Crippen MR) is 64.1 cm³/mol. The number of benzene rings is 1. The SMILES string of the molecule is Nc1cc(C(F)(F)F)cnc1-c1ccccc1C(F)(F)F. The molecule has 0 aliphatic carbocycles. The van der Waals surface area contributed by atoms with E-state index in [2.05, 4.69) is 4.98 Å². The molecule has 1 aromatic carbocycles. The fraction of sp³-hybridized carbons (Fsp3) is 0.154. The second kappa shape index (κ2) is 4.94. The number of nitrogen functional groups attached to an aromatic ring is 1. The van der Waals surface area contributed by atoms with Crippen molar-refractivity contribution in [3.8, 4) is 11.3 Å². The lowest BCUT2D eigenvalue weighted by Gasteiger charge is -2.14. The molecule has 2 rings (SSSR count). The van der Waals surface area contributed by atoms with E-state index in [1.807, 2.05) is 0 Å². The van der Waals surface area contributed by atoms with Gasteiger partial charge in [0.1, 0.15) is 0 Å². The number of hydrogen-bond donors (Lipinski definition) is 1. The summed E-state index contributed by atoms with van der Waals surface area (Å²) in [4.78, 5) is 3.44. The Kier molecular flexibility index (Phi) is 3.56. The molecule has 0 fully saturated rings. The Labute approximate surface area is 115 Å². The minimum Gasteiger partial charge on any atom is -0.397 e. The molecule has 2 nitrogen and oxygen atoms in total. The fourth-order valence-corrected chi connectivity index (χ4v) is 1.80. The quantitative estimate of drug-likeness (QED) is 0.795. The van der Waals surface area contributed by atoms with E-state index in [4.69, 9.17) is 5.73 Å². The molecule has 0 amide bonds. The first kappa shape index (κ1) is 15.1. The molecule has 2 aromatic rings. The summed E-state index contributed by atoms with van der Waals surface area (Å²) in [5, 5.41) is 0. The van der Waals surface area contributed by atoms with E-state index >= 15 is 0 Å². The number of anilines is 1. The third-order valence-electron chi connectivity index (χ3n) is 2.73. The van der Waals surface area contributed by atoms with E-state index in [1.54, 1.807) is 0 Å². The summed E-state index contributed by atoms with van der Waals surface area (Å²) in [6, 6.07) is 4.98. The number of nitrogens with two attached hydrogens (primary N) is 1. The second-order valence-corrected chi connectivity index (χ2v) is 4.20. The van der Waals surface area contributed by atoms with Crippen LogP contribution in [0.4, 0.5) is 32.0 Å². The average molecular weight is 306 g/mol. The Morgan fingerprint density at radius 1 is 0.905 bits per heavy atom. The van der Waals surface area contributed by atoms with Crippen molar-refractivity contribution in [3.63, 3.8) is 0 Å². The topological polar surface area (TPSA) is 38.9 Å². The van der Waals surface area contributed by atoms with E-state index in [-0.39, 0.29) is 11.3 Å². The Morgan fingerprint density at radius 3 is 2.05 bits per heavy atom. The van der Waals surface area contributed by atoms with Crippen LogP contribution in [0.2, 0.25) is 0 Å². The van der Waals surface area contributed by atoms with E-state index in [0.29, 0.717) is 12.3 Å². The number of hydrogen-bond acceptors (Lipinski definition) is 2. The van der Waals surface area contributed by atoms with Crippen LogP contribution in [-0.4, -0.2) is 4.98 Å². The molecule has 0 spiro atoms. The number of halogens is 6. The van der Waals surface area contributed by atoms with Gasteiger partial charge in [-0.1, -0.05) is 18.2 Å². The van der Waals surface area contributed by atoms with Gasteiger partial charge in [-0.3, -0.25) is 4.98 Å². The van der Waals surface area contributed by atoms with Gasteiger partial charge >= 0.3 is 12.4 Å². The maximum absolute atomic E-state index is 12.9. The zero-order valence-electron chi connectivity index (χ0n) is 10.3. The van der Waals surface area contributed by atoms with Gasteiger partial charge in [0.25, 0.3) is 0 Å². The lowest BCUT2D eigenvalue weighted by Crippen LogP contribution is -2.10. The summed E-state index contributed by atoms with van der Waals surface area (Å²) in [7, 11) is 0. The molecule has 2 N–H and O–H groups in total.